The Hall–Kier alpha value is -4.00. The van der Waals surface area contributed by atoms with Crippen molar-refractivity contribution in [3.63, 3.8) is 0 Å². The van der Waals surface area contributed by atoms with Gasteiger partial charge in [0.05, 0.1) is 38.0 Å². The molecule has 0 spiro atoms. The van der Waals surface area contributed by atoms with E-state index in [4.69, 9.17) is 14.2 Å². The third-order valence-electron chi connectivity index (χ3n) is 5.83. The molecule has 0 aliphatic heterocycles. The number of carbonyl (C=O) groups is 1. The summed E-state index contributed by atoms with van der Waals surface area (Å²) < 4.78 is 96.1. The second-order valence-corrected chi connectivity index (χ2v) is 8.75. The van der Waals surface area contributed by atoms with E-state index in [2.05, 4.69) is 4.98 Å². The van der Waals surface area contributed by atoms with E-state index >= 15 is 0 Å². The summed E-state index contributed by atoms with van der Waals surface area (Å²) in [4.78, 5) is 18.5. The zero-order valence-corrected chi connectivity index (χ0v) is 21.6. The number of halogens is 6. The van der Waals surface area contributed by atoms with Gasteiger partial charge >= 0.3 is 12.4 Å². The molecule has 1 heterocycles. The van der Waals surface area contributed by atoms with Crippen LogP contribution in [0.3, 0.4) is 0 Å². The number of amides is 1. The average molecular weight is 573 g/mol. The lowest BCUT2D eigenvalue weighted by Gasteiger charge is -2.28. The molecule has 1 amide bonds. The predicted molar refractivity (Wildman–Crippen MR) is 131 cm³/mol. The van der Waals surface area contributed by atoms with Crippen molar-refractivity contribution in [3.05, 3.63) is 82.5 Å². The van der Waals surface area contributed by atoms with Crippen LogP contribution in [0.2, 0.25) is 0 Å². The van der Waals surface area contributed by atoms with Gasteiger partial charge in [0, 0.05) is 18.7 Å². The average Bonchev–Trinajstić information content (AvgIpc) is 2.93. The van der Waals surface area contributed by atoms with E-state index in [1.54, 1.807) is 24.3 Å². The van der Waals surface area contributed by atoms with Gasteiger partial charge in [0.1, 0.15) is 23.8 Å². The Balaban J connectivity index is 1.94. The number of ether oxygens (including phenoxy) is 3. The van der Waals surface area contributed by atoms with Crippen LogP contribution in [-0.2, 0) is 25.5 Å². The number of rotatable bonds is 10. The lowest BCUT2D eigenvalue weighted by Crippen LogP contribution is -2.40. The summed E-state index contributed by atoms with van der Waals surface area (Å²) in [6.45, 7) is 0.145. The van der Waals surface area contributed by atoms with E-state index in [-0.39, 0.29) is 30.0 Å². The van der Waals surface area contributed by atoms with Crippen LogP contribution in [-0.4, -0.2) is 47.8 Å². The van der Waals surface area contributed by atoms with E-state index in [1.807, 2.05) is 0 Å². The lowest BCUT2D eigenvalue weighted by atomic mass is 10.0. The van der Waals surface area contributed by atoms with Gasteiger partial charge in [-0.3, -0.25) is 4.79 Å². The van der Waals surface area contributed by atoms with Crippen LogP contribution in [0.4, 0.5) is 26.3 Å². The Morgan fingerprint density at radius 1 is 0.875 bits per heavy atom. The molecule has 13 heteroatoms. The number of nitrogens with zero attached hydrogens (tertiary/aromatic N) is 2. The molecule has 0 radical (unpaired) electrons. The third-order valence-corrected chi connectivity index (χ3v) is 5.83. The third kappa shape index (κ3) is 7.78. The minimum Gasteiger partial charge on any atom is -0.497 e. The monoisotopic (exact) mass is 572 g/mol. The summed E-state index contributed by atoms with van der Waals surface area (Å²) in [6, 6.07) is 9.66. The number of aromatic nitrogens is 1. The number of pyridine rings is 1. The van der Waals surface area contributed by atoms with Crippen molar-refractivity contribution in [1.29, 1.82) is 0 Å². The normalized spacial score (nSPS) is 12.6. The first-order valence-corrected chi connectivity index (χ1v) is 11.8. The molecular formula is C27H26F6N2O5. The minimum absolute atomic E-state index is 0.00117. The van der Waals surface area contributed by atoms with Crippen molar-refractivity contribution < 1.29 is 50.5 Å². The number of aliphatic hydroxyl groups is 1. The van der Waals surface area contributed by atoms with E-state index in [0.717, 1.165) is 10.5 Å². The molecule has 1 unspecified atom stereocenters. The molecule has 40 heavy (non-hydrogen) atoms. The molecule has 0 aliphatic rings. The second-order valence-electron chi connectivity index (χ2n) is 8.75. The molecular weight excluding hydrogens is 546 g/mol. The topological polar surface area (TPSA) is 81.1 Å². The van der Waals surface area contributed by atoms with Crippen LogP contribution < -0.4 is 14.2 Å². The molecule has 0 saturated carbocycles. The molecule has 2 aromatic carbocycles. The summed E-state index contributed by atoms with van der Waals surface area (Å²) in [5.41, 5.74) is -2.98. The van der Waals surface area contributed by atoms with E-state index in [9.17, 15) is 36.2 Å². The molecule has 1 aromatic heterocycles. The fourth-order valence-electron chi connectivity index (χ4n) is 3.64. The highest BCUT2D eigenvalue weighted by atomic mass is 19.4. The van der Waals surface area contributed by atoms with Gasteiger partial charge < -0.3 is 24.2 Å². The first-order chi connectivity index (χ1) is 18.7. The van der Waals surface area contributed by atoms with Gasteiger partial charge in [0.25, 0.3) is 5.91 Å². The summed E-state index contributed by atoms with van der Waals surface area (Å²) in [7, 11) is 2.85. The molecule has 0 saturated heterocycles. The highest BCUT2D eigenvalue weighted by Crippen LogP contribution is 2.37. The standard InChI is InChI=1S/C27H26F6N2O5/c1-16(14-36)35(13-18-8-19(26(28,29)30)10-20(9-18)27(31,32)33)25(37)23-11-22(39-3)12-24(34-23)40-15-17-4-6-21(38-2)7-5-17/h4-12,16,36H,13-15H2,1-3H3. The number of alkyl halides is 6. The zero-order valence-electron chi connectivity index (χ0n) is 21.6. The molecule has 0 fully saturated rings. The van der Waals surface area contributed by atoms with Gasteiger partial charge in [-0.1, -0.05) is 12.1 Å². The molecule has 3 rings (SSSR count). The molecule has 1 atom stereocenters. The van der Waals surface area contributed by atoms with Crippen molar-refractivity contribution in [1.82, 2.24) is 9.88 Å². The van der Waals surface area contributed by atoms with Crippen molar-refractivity contribution >= 4 is 5.91 Å². The smallest absolute Gasteiger partial charge is 0.416 e. The zero-order chi connectivity index (χ0) is 29.7. The van der Waals surface area contributed by atoms with E-state index in [1.165, 1.54) is 33.3 Å². The van der Waals surface area contributed by atoms with Crippen molar-refractivity contribution in [2.75, 3.05) is 20.8 Å². The fourth-order valence-corrected chi connectivity index (χ4v) is 3.64. The number of hydrogen-bond donors (Lipinski definition) is 1. The lowest BCUT2D eigenvalue weighted by molar-refractivity contribution is -0.143. The van der Waals surface area contributed by atoms with Gasteiger partial charge in [-0.2, -0.15) is 26.3 Å². The highest BCUT2D eigenvalue weighted by Gasteiger charge is 2.37. The predicted octanol–water partition coefficient (Wildman–Crippen LogP) is 5.74. The van der Waals surface area contributed by atoms with E-state index in [0.29, 0.717) is 17.9 Å². The maximum Gasteiger partial charge on any atom is 0.416 e. The molecule has 7 nitrogen and oxygen atoms in total. The van der Waals surface area contributed by atoms with Crippen molar-refractivity contribution in [3.8, 4) is 17.4 Å². The van der Waals surface area contributed by atoms with Crippen molar-refractivity contribution in [2.45, 2.75) is 38.5 Å². The Bertz CT molecular complexity index is 1280. The quantitative estimate of drug-likeness (QED) is 0.312. The Morgan fingerprint density at radius 2 is 1.45 bits per heavy atom. The molecule has 216 valence electrons. The van der Waals surface area contributed by atoms with Gasteiger partial charge in [0.2, 0.25) is 5.88 Å². The highest BCUT2D eigenvalue weighted by molar-refractivity contribution is 5.93. The Labute approximate surface area is 225 Å². The minimum atomic E-state index is -5.06. The number of methoxy groups -OCH3 is 2. The van der Waals surface area contributed by atoms with Crippen LogP contribution >= 0.6 is 0 Å². The number of carbonyl (C=O) groups excluding carboxylic acids is 1. The van der Waals surface area contributed by atoms with Crippen molar-refractivity contribution in [2.24, 2.45) is 0 Å². The molecule has 1 N–H and O–H groups in total. The van der Waals surface area contributed by atoms with Crippen LogP contribution in [0.1, 0.15) is 39.7 Å². The summed E-state index contributed by atoms with van der Waals surface area (Å²) in [6.07, 6.45) is -10.1. The molecule has 0 bridgehead atoms. The number of aliphatic hydroxyl groups excluding tert-OH is 1. The first kappa shape index (κ1) is 30.5. The Morgan fingerprint density at radius 3 is 1.95 bits per heavy atom. The fraction of sp³-hybridized carbons (Fsp3) is 0.333. The number of hydrogen-bond acceptors (Lipinski definition) is 6. The van der Waals surface area contributed by atoms with E-state index < -0.39 is 54.1 Å². The summed E-state index contributed by atoms with van der Waals surface area (Å²) in [5, 5.41) is 9.72. The van der Waals surface area contributed by atoms with Crippen LogP contribution in [0, 0.1) is 0 Å². The van der Waals surface area contributed by atoms with Crippen LogP contribution in [0.25, 0.3) is 0 Å². The first-order valence-electron chi connectivity index (χ1n) is 11.8. The van der Waals surface area contributed by atoms with Gasteiger partial charge in [-0.05, 0) is 48.4 Å². The summed E-state index contributed by atoms with van der Waals surface area (Å²) in [5.74, 6) is -0.0928. The van der Waals surface area contributed by atoms with Crippen LogP contribution in [0.5, 0.6) is 17.4 Å². The van der Waals surface area contributed by atoms with Gasteiger partial charge in [-0.15, -0.1) is 0 Å². The molecule has 3 aromatic rings. The number of benzene rings is 2. The van der Waals surface area contributed by atoms with Gasteiger partial charge in [-0.25, -0.2) is 4.98 Å². The maximum atomic E-state index is 13.5. The summed E-state index contributed by atoms with van der Waals surface area (Å²) >= 11 is 0. The second kappa shape index (κ2) is 12.5. The molecule has 0 aliphatic carbocycles. The largest absolute Gasteiger partial charge is 0.497 e. The SMILES string of the molecule is COc1ccc(COc2cc(OC)cc(C(=O)N(Cc3cc(C(F)(F)F)cc(C(F)(F)F)c3)C(C)CO)n2)cc1. The van der Waals surface area contributed by atoms with Crippen LogP contribution in [0.15, 0.2) is 54.6 Å². The van der Waals surface area contributed by atoms with Gasteiger partial charge in [0.15, 0.2) is 0 Å². The maximum absolute atomic E-state index is 13.5. The Kier molecular flexibility index (Phi) is 9.51.